The highest BCUT2D eigenvalue weighted by Crippen LogP contribution is 2.37. The van der Waals surface area contributed by atoms with Crippen molar-refractivity contribution in [1.82, 2.24) is 0 Å². The number of anilines is 2. The van der Waals surface area contributed by atoms with Crippen LogP contribution in [0.4, 0.5) is 11.4 Å². The van der Waals surface area contributed by atoms with E-state index in [-0.39, 0.29) is 11.2 Å². The van der Waals surface area contributed by atoms with Crippen LogP contribution in [0.2, 0.25) is 0 Å². The summed E-state index contributed by atoms with van der Waals surface area (Å²) in [5.41, 5.74) is 6.47. The van der Waals surface area contributed by atoms with E-state index in [4.69, 9.17) is 15.2 Å². The lowest BCUT2D eigenvalue weighted by atomic mass is 9.94. The molecule has 0 amide bonds. The molecule has 118 valence electrons. The molecule has 0 radical (unpaired) electrons. The second-order valence-electron chi connectivity index (χ2n) is 6.31. The van der Waals surface area contributed by atoms with Crippen molar-refractivity contribution >= 4 is 21.4 Å². The molecule has 0 fully saturated rings. The van der Waals surface area contributed by atoms with Crippen molar-refractivity contribution in [2.45, 2.75) is 27.2 Å². The van der Waals surface area contributed by atoms with Crippen molar-refractivity contribution in [3.63, 3.8) is 0 Å². The van der Waals surface area contributed by atoms with Crippen LogP contribution in [0.1, 0.15) is 27.2 Å². The predicted octanol–water partition coefficient (Wildman–Crippen LogP) is 2.22. The molecule has 1 aromatic rings. The maximum atomic E-state index is 12.1. The van der Waals surface area contributed by atoms with E-state index >= 15 is 0 Å². The lowest BCUT2D eigenvalue weighted by molar-refractivity contribution is 0.172. The highest BCUT2D eigenvalue weighted by Gasteiger charge is 2.20. The van der Waals surface area contributed by atoms with Crippen LogP contribution >= 0.6 is 0 Å². The molecule has 0 saturated heterocycles. The van der Waals surface area contributed by atoms with Crippen LogP contribution in [0.15, 0.2) is 12.1 Å². The Kier molecular flexibility index (Phi) is 4.22. The number of benzene rings is 1. The summed E-state index contributed by atoms with van der Waals surface area (Å²) in [6.45, 7) is 6.90. The first-order chi connectivity index (χ1) is 9.66. The molecule has 0 unspecified atom stereocenters. The summed E-state index contributed by atoms with van der Waals surface area (Å²) >= 11 is 0. The van der Waals surface area contributed by atoms with Crippen LogP contribution in [-0.4, -0.2) is 27.4 Å². The fourth-order valence-electron chi connectivity index (χ4n) is 1.85. The maximum absolute atomic E-state index is 12.1. The zero-order valence-electron chi connectivity index (χ0n) is 12.6. The Labute approximate surface area is 125 Å². The molecular formula is C14H22N2O4S. The van der Waals surface area contributed by atoms with Gasteiger partial charge in [0.25, 0.3) is 0 Å². The molecular weight excluding hydrogens is 292 g/mol. The lowest BCUT2D eigenvalue weighted by Crippen LogP contribution is -2.22. The largest absolute Gasteiger partial charge is 0.486 e. The van der Waals surface area contributed by atoms with Crippen molar-refractivity contribution in [3.8, 4) is 11.5 Å². The minimum atomic E-state index is -3.44. The number of ether oxygens (including phenoxy) is 2. The van der Waals surface area contributed by atoms with Crippen molar-refractivity contribution in [2.24, 2.45) is 5.41 Å². The molecule has 1 heterocycles. The minimum Gasteiger partial charge on any atom is -0.486 e. The van der Waals surface area contributed by atoms with E-state index in [0.717, 1.165) is 0 Å². The molecule has 1 aliphatic heterocycles. The van der Waals surface area contributed by atoms with E-state index in [1.165, 1.54) is 0 Å². The smallest absolute Gasteiger partial charge is 0.232 e. The number of nitrogen functional groups attached to an aromatic ring is 1. The molecule has 0 saturated carbocycles. The van der Waals surface area contributed by atoms with Gasteiger partial charge in [-0.15, -0.1) is 0 Å². The summed E-state index contributed by atoms with van der Waals surface area (Å²) in [7, 11) is -3.44. The summed E-state index contributed by atoms with van der Waals surface area (Å²) in [6, 6.07) is 3.15. The molecule has 2 rings (SSSR count). The third-order valence-electron chi connectivity index (χ3n) is 3.10. The first-order valence-electron chi connectivity index (χ1n) is 6.86. The Morgan fingerprint density at radius 2 is 1.76 bits per heavy atom. The van der Waals surface area contributed by atoms with Gasteiger partial charge in [-0.05, 0) is 11.8 Å². The van der Waals surface area contributed by atoms with Crippen molar-refractivity contribution in [3.05, 3.63) is 12.1 Å². The third-order valence-corrected chi connectivity index (χ3v) is 4.37. The molecule has 1 aromatic carbocycles. The average molecular weight is 314 g/mol. The fourth-order valence-corrected chi connectivity index (χ4v) is 3.35. The first kappa shape index (κ1) is 15.8. The Bertz CT molecular complexity index is 621. The number of nitrogens with two attached hydrogens (primary N) is 1. The Hall–Kier alpha value is -1.63. The number of rotatable bonds is 4. The highest BCUT2D eigenvalue weighted by molar-refractivity contribution is 7.92. The zero-order valence-corrected chi connectivity index (χ0v) is 13.4. The normalized spacial score (nSPS) is 14.8. The average Bonchev–Trinajstić information content (AvgIpc) is 2.36. The quantitative estimate of drug-likeness (QED) is 0.832. The zero-order chi connectivity index (χ0) is 15.7. The van der Waals surface area contributed by atoms with Crippen LogP contribution in [0, 0.1) is 5.41 Å². The highest BCUT2D eigenvalue weighted by atomic mass is 32.2. The van der Waals surface area contributed by atoms with Gasteiger partial charge >= 0.3 is 0 Å². The van der Waals surface area contributed by atoms with Gasteiger partial charge in [-0.3, -0.25) is 4.72 Å². The van der Waals surface area contributed by atoms with Gasteiger partial charge in [0, 0.05) is 12.1 Å². The summed E-state index contributed by atoms with van der Waals surface area (Å²) in [5.74, 6) is 1.09. The molecule has 0 aliphatic carbocycles. The molecule has 3 N–H and O–H groups in total. The Morgan fingerprint density at radius 3 is 2.33 bits per heavy atom. The van der Waals surface area contributed by atoms with Gasteiger partial charge < -0.3 is 15.2 Å². The van der Waals surface area contributed by atoms with E-state index in [9.17, 15) is 8.42 Å². The second kappa shape index (κ2) is 5.63. The van der Waals surface area contributed by atoms with Crippen molar-refractivity contribution in [2.75, 3.05) is 29.4 Å². The van der Waals surface area contributed by atoms with Crippen molar-refractivity contribution in [1.29, 1.82) is 0 Å². The van der Waals surface area contributed by atoms with E-state index in [0.29, 0.717) is 42.5 Å². The predicted molar refractivity (Wildman–Crippen MR) is 83.3 cm³/mol. The van der Waals surface area contributed by atoms with Crippen LogP contribution in [0.3, 0.4) is 0 Å². The van der Waals surface area contributed by atoms with Gasteiger partial charge in [0.1, 0.15) is 13.2 Å². The molecule has 0 spiro atoms. The fraction of sp³-hybridized carbons (Fsp3) is 0.571. The summed E-state index contributed by atoms with van der Waals surface area (Å²) in [4.78, 5) is 0. The van der Waals surface area contributed by atoms with Gasteiger partial charge in [-0.2, -0.15) is 0 Å². The topological polar surface area (TPSA) is 90.7 Å². The molecule has 0 atom stereocenters. The van der Waals surface area contributed by atoms with E-state index in [1.54, 1.807) is 12.1 Å². The lowest BCUT2D eigenvalue weighted by Gasteiger charge is -2.21. The Balaban J connectivity index is 2.15. The van der Waals surface area contributed by atoms with E-state index in [1.807, 2.05) is 20.8 Å². The number of fused-ring (bicyclic) bond motifs is 1. The van der Waals surface area contributed by atoms with Crippen LogP contribution in [-0.2, 0) is 10.0 Å². The maximum Gasteiger partial charge on any atom is 0.232 e. The molecule has 0 aromatic heterocycles. The molecule has 0 bridgehead atoms. The van der Waals surface area contributed by atoms with Crippen LogP contribution in [0.5, 0.6) is 11.5 Å². The number of hydrogen-bond acceptors (Lipinski definition) is 5. The number of hydrogen-bond donors (Lipinski definition) is 2. The van der Waals surface area contributed by atoms with Gasteiger partial charge in [0.05, 0.1) is 17.1 Å². The summed E-state index contributed by atoms with van der Waals surface area (Å²) in [5, 5.41) is 0. The van der Waals surface area contributed by atoms with Crippen LogP contribution in [0.25, 0.3) is 0 Å². The monoisotopic (exact) mass is 314 g/mol. The first-order valence-corrected chi connectivity index (χ1v) is 8.51. The molecule has 21 heavy (non-hydrogen) atoms. The number of nitrogens with one attached hydrogen (secondary N) is 1. The van der Waals surface area contributed by atoms with Gasteiger partial charge in [-0.25, -0.2) is 8.42 Å². The Morgan fingerprint density at radius 1 is 1.19 bits per heavy atom. The standard InChI is InChI=1S/C14H22N2O4S/c1-14(2,3)4-7-21(17,18)16-11-9-13-12(8-10(11)15)19-5-6-20-13/h8-9,16H,4-7,15H2,1-3H3. The molecule has 7 heteroatoms. The number of sulfonamides is 1. The van der Waals surface area contributed by atoms with Gasteiger partial charge in [0.15, 0.2) is 11.5 Å². The summed E-state index contributed by atoms with van der Waals surface area (Å²) < 4.78 is 37.6. The molecule has 6 nitrogen and oxygen atoms in total. The van der Waals surface area contributed by atoms with E-state index in [2.05, 4.69) is 4.72 Å². The van der Waals surface area contributed by atoms with Crippen molar-refractivity contribution < 1.29 is 17.9 Å². The van der Waals surface area contributed by atoms with Gasteiger partial charge in [-0.1, -0.05) is 20.8 Å². The summed E-state index contributed by atoms with van der Waals surface area (Å²) in [6.07, 6.45) is 0.562. The van der Waals surface area contributed by atoms with Crippen LogP contribution < -0.4 is 19.9 Å². The third kappa shape index (κ3) is 4.42. The second-order valence-corrected chi connectivity index (χ2v) is 8.16. The van der Waals surface area contributed by atoms with Gasteiger partial charge in [0.2, 0.25) is 10.0 Å². The molecule has 1 aliphatic rings. The minimum absolute atomic E-state index is 0.0460. The SMILES string of the molecule is CC(C)(C)CCS(=O)(=O)Nc1cc2c(cc1N)OCCO2. The van der Waals surface area contributed by atoms with E-state index < -0.39 is 10.0 Å².